The number of nitrogens with two attached hydrogens (primary N) is 1. The molecule has 0 bridgehead atoms. The number of anilines is 1. The molecule has 1 aromatic carbocycles. The van der Waals surface area contributed by atoms with Gasteiger partial charge in [0.1, 0.15) is 0 Å². The van der Waals surface area contributed by atoms with Crippen molar-refractivity contribution in [1.82, 2.24) is 4.90 Å². The van der Waals surface area contributed by atoms with Crippen LogP contribution in [0.5, 0.6) is 0 Å². The monoisotopic (exact) mass is 315 g/mol. The number of carbonyl (C=O) groups is 1. The molecule has 1 heterocycles. The van der Waals surface area contributed by atoms with E-state index in [4.69, 9.17) is 28.9 Å². The average Bonchev–Trinajstić information content (AvgIpc) is 2.36. The Morgan fingerprint density at radius 2 is 2.00 bits per heavy atom. The van der Waals surface area contributed by atoms with Crippen molar-refractivity contribution in [1.29, 1.82) is 0 Å². The van der Waals surface area contributed by atoms with Gasteiger partial charge in [0.25, 0.3) is 0 Å². The van der Waals surface area contributed by atoms with Gasteiger partial charge < -0.3 is 16.0 Å². The van der Waals surface area contributed by atoms with Crippen molar-refractivity contribution in [3.8, 4) is 0 Å². The van der Waals surface area contributed by atoms with Gasteiger partial charge in [-0.15, -0.1) is 0 Å². The number of benzene rings is 1. The van der Waals surface area contributed by atoms with Crippen LogP contribution in [0.15, 0.2) is 18.2 Å². The molecule has 0 saturated carbocycles. The van der Waals surface area contributed by atoms with Gasteiger partial charge in [-0.3, -0.25) is 0 Å². The fourth-order valence-corrected chi connectivity index (χ4v) is 3.22. The fraction of sp³-hybridized carbons (Fsp3) is 0.500. The average molecular weight is 316 g/mol. The van der Waals surface area contributed by atoms with E-state index in [0.29, 0.717) is 22.3 Å². The Balaban J connectivity index is 2.13. The highest BCUT2D eigenvalue weighted by Gasteiger charge is 2.30. The van der Waals surface area contributed by atoms with Crippen LogP contribution >= 0.6 is 23.2 Å². The second-order valence-corrected chi connectivity index (χ2v) is 6.04. The lowest BCUT2D eigenvalue weighted by molar-refractivity contribution is 0.128. The van der Waals surface area contributed by atoms with Gasteiger partial charge in [-0.1, -0.05) is 23.2 Å². The highest BCUT2D eigenvalue weighted by molar-refractivity contribution is 6.35. The van der Waals surface area contributed by atoms with Crippen molar-refractivity contribution in [2.24, 2.45) is 5.73 Å². The summed E-state index contributed by atoms with van der Waals surface area (Å²) in [6.07, 6.45) is 3.06. The summed E-state index contributed by atoms with van der Waals surface area (Å²) in [5.41, 5.74) is 6.37. The van der Waals surface area contributed by atoms with Crippen LogP contribution in [-0.2, 0) is 0 Å². The third-order valence-corrected chi connectivity index (χ3v) is 4.08. The Labute approximate surface area is 129 Å². The van der Waals surface area contributed by atoms with Crippen LogP contribution < -0.4 is 11.1 Å². The summed E-state index contributed by atoms with van der Waals surface area (Å²) in [5, 5.41) is 3.84. The minimum atomic E-state index is -0.147. The first-order valence-corrected chi connectivity index (χ1v) is 7.52. The van der Waals surface area contributed by atoms with Crippen LogP contribution in [0.2, 0.25) is 10.0 Å². The van der Waals surface area contributed by atoms with Gasteiger partial charge >= 0.3 is 6.03 Å². The van der Waals surface area contributed by atoms with E-state index in [1.807, 2.05) is 11.8 Å². The number of amides is 2. The third kappa shape index (κ3) is 3.57. The van der Waals surface area contributed by atoms with Gasteiger partial charge in [-0.2, -0.15) is 0 Å². The Kier molecular flexibility index (Phi) is 5.13. The van der Waals surface area contributed by atoms with Gasteiger partial charge in [-0.25, -0.2) is 4.79 Å². The van der Waals surface area contributed by atoms with E-state index in [2.05, 4.69) is 5.32 Å². The van der Waals surface area contributed by atoms with Crippen LogP contribution in [0.1, 0.15) is 26.2 Å². The number of carbonyl (C=O) groups excluding carboxylic acids is 1. The lowest BCUT2D eigenvalue weighted by Crippen LogP contribution is -2.53. The molecule has 1 aliphatic heterocycles. The SMILES string of the molecule is CC1CCCC(CN)N1C(=O)Nc1cc(Cl)cc(Cl)c1. The molecule has 110 valence electrons. The highest BCUT2D eigenvalue weighted by atomic mass is 35.5. The summed E-state index contributed by atoms with van der Waals surface area (Å²) in [6.45, 7) is 2.53. The standard InChI is InChI=1S/C14H19Cl2N3O/c1-9-3-2-4-13(8-17)19(9)14(20)18-12-6-10(15)5-11(16)7-12/h5-7,9,13H,2-4,8,17H2,1H3,(H,18,20). The van der Waals surface area contributed by atoms with Crippen LogP contribution in [-0.4, -0.2) is 29.6 Å². The van der Waals surface area contributed by atoms with Crippen molar-refractivity contribution >= 4 is 34.9 Å². The number of halogens is 2. The van der Waals surface area contributed by atoms with E-state index in [0.717, 1.165) is 19.3 Å². The van der Waals surface area contributed by atoms with Gasteiger partial charge in [0.2, 0.25) is 0 Å². The smallest absolute Gasteiger partial charge is 0.322 e. The summed E-state index contributed by atoms with van der Waals surface area (Å²) in [7, 11) is 0. The summed E-state index contributed by atoms with van der Waals surface area (Å²) < 4.78 is 0. The number of rotatable bonds is 2. The Morgan fingerprint density at radius 3 is 2.60 bits per heavy atom. The Hall–Kier alpha value is -0.970. The topological polar surface area (TPSA) is 58.4 Å². The first kappa shape index (κ1) is 15.4. The molecule has 1 aliphatic rings. The van der Waals surface area contributed by atoms with Crippen molar-refractivity contribution in [3.63, 3.8) is 0 Å². The molecule has 2 unspecified atom stereocenters. The lowest BCUT2D eigenvalue weighted by Gasteiger charge is -2.40. The Bertz CT molecular complexity index is 475. The molecule has 0 radical (unpaired) electrons. The maximum atomic E-state index is 12.4. The predicted molar refractivity (Wildman–Crippen MR) is 83.5 cm³/mol. The number of piperidine rings is 1. The molecular weight excluding hydrogens is 297 g/mol. The maximum absolute atomic E-state index is 12.4. The van der Waals surface area contributed by atoms with Gasteiger partial charge in [-0.05, 0) is 44.4 Å². The van der Waals surface area contributed by atoms with Crippen LogP contribution in [0, 0.1) is 0 Å². The highest BCUT2D eigenvalue weighted by Crippen LogP contribution is 2.26. The quantitative estimate of drug-likeness (QED) is 0.873. The molecule has 1 saturated heterocycles. The summed E-state index contributed by atoms with van der Waals surface area (Å²) in [5.74, 6) is 0. The molecular formula is C14H19Cl2N3O. The molecule has 4 nitrogen and oxygen atoms in total. The van der Waals surface area contributed by atoms with Crippen molar-refractivity contribution < 1.29 is 4.79 Å². The number of hydrogen-bond acceptors (Lipinski definition) is 2. The zero-order valence-corrected chi connectivity index (χ0v) is 12.9. The zero-order chi connectivity index (χ0) is 14.7. The normalized spacial score (nSPS) is 22.7. The number of nitrogens with one attached hydrogen (secondary N) is 1. The molecule has 0 aromatic heterocycles. The van der Waals surface area contributed by atoms with E-state index in [1.54, 1.807) is 18.2 Å². The molecule has 1 aromatic rings. The second kappa shape index (κ2) is 6.66. The number of nitrogens with zero attached hydrogens (tertiary/aromatic N) is 1. The van der Waals surface area contributed by atoms with E-state index in [1.165, 1.54) is 0 Å². The summed E-state index contributed by atoms with van der Waals surface area (Å²) in [6, 6.07) is 5.12. The number of hydrogen-bond donors (Lipinski definition) is 2. The minimum absolute atomic E-state index is 0.0911. The molecule has 20 heavy (non-hydrogen) atoms. The fourth-order valence-electron chi connectivity index (χ4n) is 2.70. The molecule has 3 N–H and O–H groups in total. The largest absolute Gasteiger partial charge is 0.328 e. The number of likely N-dealkylation sites (tertiary alicyclic amines) is 1. The zero-order valence-electron chi connectivity index (χ0n) is 11.4. The minimum Gasteiger partial charge on any atom is -0.328 e. The van der Waals surface area contributed by atoms with E-state index in [9.17, 15) is 4.79 Å². The molecule has 2 atom stereocenters. The van der Waals surface area contributed by atoms with Gasteiger partial charge in [0, 0.05) is 34.4 Å². The van der Waals surface area contributed by atoms with Crippen molar-refractivity contribution in [3.05, 3.63) is 28.2 Å². The van der Waals surface area contributed by atoms with Gasteiger partial charge in [0.05, 0.1) is 0 Å². The van der Waals surface area contributed by atoms with Crippen LogP contribution in [0.4, 0.5) is 10.5 Å². The molecule has 2 amide bonds. The number of urea groups is 1. The predicted octanol–water partition coefficient (Wildman–Crippen LogP) is 3.73. The van der Waals surface area contributed by atoms with E-state index < -0.39 is 0 Å². The molecule has 6 heteroatoms. The first-order chi connectivity index (χ1) is 9.51. The third-order valence-electron chi connectivity index (χ3n) is 3.65. The summed E-state index contributed by atoms with van der Waals surface area (Å²) >= 11 is 11.9. The first-order valence-electron chi connectivity index (χ1n) is 6.76. The Morgan fingerprint density at radius 1 is 1.35 bits per heavy atom. The van der Waals surface area contributed by atoms with E-state index >= 15 is 0 Å². The molecule has 1 fully saturated rings. The van der Waals surface area contributed by atoms with Crippen molar-refractivity contribution in [2.75, 3.05) is 11.9 Å². The van der Waals surface area contributed by atoms with Crippen LogP contribution in [0.25, 0.3) is 0 Å². The molecule has 0 aliphatic carbocycles. The second-order valence-electron chi connectivity index (χ2n) is 5.16. The van der Waals surface area contributed by atoms with Crippen LogP contribution in [0.3, 0.4) is 0 Å². The van der Waals surface area contributed by atoms with E-state index in [-0.39, 0.29) is 18.1 Å². The lowest BCUT2D eigenvalue weighted by atomic mass is 9.97. The molecule has 2 rings (SSSR count). The maximum Gasteiger partial charge on any atom is 0.322 e. The van der Waals surface area contributed by atoms with Gasteiger partial charge in [0.15, 0.2) is 0 Å². The van der Waals surface area contributed by atoms with Crippen molar-refractivity contribution in [2.45, 2.75) is 38.3 Å². The summed E-state index contributed by atoms with van der Waals surface area (Å²) in [4.78, 5) is 14.3. The molecule has 0 spiro atoms.